The molecule has 0 aliphatic rings. The van der Waals surface area contributed by atoms with Gasteiger partial charge in [0.1, 0.15) is 5.60 Å². The Balaban J connectivity index is 1.99. The van der Waals surface area contributed by atoms with E-state index in [4.69, 9.17) is 5.73 Å². The van der Waals surface area contributed by atoms with Gasteiger partial charge in [-0.2, -0.15) is 0 Å². The minimum absolute atomic E-state index is 0.241. The van der Waals surface area contributed by atoms with Crippen LogP contribution in [0.25, 0.3) is 0 Å². The maximum absolute atomic E-state index is 10.7. The van der Waals surface area contributed by atoms with Crippen LogP contribution in [0.2, 0.25) is 0 Å². The summed E-state index contributed by atoms with van der Waals surface area (Å²) in [5.41, 5.74) is 8.37. The summed E-state index contributed by atoms with van der Waals surface area (Å²) in [6, 6.07) is 16.2. The molecule has 1 atom stereocenters. The first-order chi connectivity index (χ1) is 10.0. The molecule has 0 spiro atoms. The van der Waals surface area contributed by atoms with Crippen molar-refractivity contribution in [2.24, 2.45) is 5.73 Å². The largest absolute Gasteiger partial charge is 0.384 e. The fourth-order valence-electron chi connectivity index (χ4n) is 2.25. The quantitative estimate of drug-likeness (QED) is 0.801. The summed E-state index contributed by atoms with van der Waals surface area (Å²) in [4.78, 5) is 1.24. The number of thioether (sulfide) groups is 1. The molecule has 0 aromatic heterocycles. The van der Waals surface area contributed by atoms with Crippen molar-refractivity contribution in [3.63, 3.8) is 0 Å². The Labute approximate surface area is 131 Å². The zero-order valence-corrected chi connectivity index (χ0v) is 13.5. The molecule has 0 bridgehead atoms. The van der Waals surface area contributed by atoms with Gasteiger partial charge in [0, 0.05) is 17.2 Å². The van der Waals surface area contributed by atoms with Crippen LogP contribution in [0.15, 0.2) is 53.4 Å². The molecule has 21 heavy (non-hydrogen) atoms. The number of aryl methyl sites for hydroxylation is 2. The summed E-state index contributed by atoms with van der Waals surface area (Å²) in [6.45, 7) is 4.48. The van der Waals surface area contributed by atoms with Gasteiger partial charge in [0.2, 0.25) is 0 Å². The van der Waals surface area contributed by atoms with Gasteiger partial charge < -0.3 is 10.8 Å². The Morgan fingerprint density at radius 3 is 2.38 bits per heavy atom. The first-order valence-corrected chi connectivity index (χ1v) is 8.22. The smallest absolute Gasteiger partial charge is 0.103 e. The predicted octanol–water partition coefficient (Wildman–Crippen LogP) is 3.63. The van der Waals surface area contributed by atoms with E-state index in [2.05, 4.69) is 32.0 Å². The minimum atomic E-state index is -0.937. The maximum atomic E-state index is 10.7. The van der Waals surface area contributed by atoms with Crippen LogP contribution in [0.4, 0.5) is 0 Å². The van der Waals surface area contributed by atoms with Crippen LogP contribution in [0, 0.1) is 13.8 Å². The first-order valence-electron chi connectivity index (χ1n) is 7.23. The Morgan fingerprint density at radius 1 is 1.05 bits per heavy atom. The van der Waals surface area contributed by atoms with Gasteiger partial charge in [-0.1, -0.05) is 36.4 Å². The van der Waals surface area contributed by atoms with Gasteiger partial charge in [-0.3, -0.25) is 0 Å². The molecule has 0 radical (unpaired) electrons. The van der Waals surface area contributed by atoms with E-state index in [0.717, 1.165) is 11.3 Å². The topological polar surface area (TPSA) is 46.2 Å². The Kier molecular flexibility index (Phi) is 5.45. The van der Waals surface area contributed by atoms with Crippen LogP contribution in [-0.4, -0.2) is 17.4 Å². The van der Waals surface area contributed by atoms with E-state index >= 15 is 0 Å². The molecule has 0 aliphatic carbocycles. The van der Waals surface area contributed by atoms with E-state index in [9.17, 15) is 5.11 Å². The van der Waals surface area contributed by atoms with Crippen molar-refractivity contribution < 1.29 is 5.11 Å². The molecule has 2 nitrogen and oxygen atoms in total. The molecule has 2 aromatic carbocycles. The predicted molar refractivity (Wildman–Crippen MR) is 90.7 cm³/mol. The average molecular weight is 301 g/mol. The first kappa shape index (κ1) is 16.1. The molecule has 112 valence electrons. The lowest BCUT2D eigenvalue weighted by molar-refractivity contribution is 0.0431. The monoisotopic (exact) mass is 301 g/mol. The second-order valence-electron chi connectivity index (χ2n) is 5.45. The highest BCUT2D eigenvalue weighted by molar-refractivity contribution is 7.99. The van der Waals surface area contributed by atoms with Crippen LogP contribution in [0.3, 0.4) is 0 Å². The van der Waals surface area contributed by atoms with Crippen molar-refractivity contribution in [1.29, 1.82) is 0 Å². The van der Waals surface area contributed by atoms with Crippen LogP contribution in [0.5, 0.6) is 0 Å². The van der Waals surface area contributed by atoms with Crippen molar-refractivity contribution >= 4 is 11.8 Å². The summed E-state index contributed by atoms with van der Waals surface area (Å²) in [5.74, 6) is 0.838. The molecular weight excluding hydrogens is 278 g/mol. The van der Waals surface area contributed by atoms with E-state index in [0.29, 0.717) is 6.42 Å². The molecule has 1 unspecified atom stereocenters. The number of rotatable bonds is 6. The third kappa shape index (κ3) is 4.10. The van der Waals surface area contributed by atoms with E-state index in [1.165, 1.54) is 16.0 Å². The Hall–Kier alpha value is -1.29. The second-order valence-corrected chi connectivity index (χ2v) is 6.61. The van der Waals surface area contributed by atoms with Crippen molar-refractivity contribution in [3.8, 4) is 0 Å². The van der Waals surface area contributed by atoms with Crippen molar-refractivity contribution in [2.45, 2.75) is 30.8 Å². The summed E-state index contributed by atoms with van der Waals surface area (Å²) in [5, 5.41) is 10.7. The molecule has 0 fully saturated rings. The van der Waals surface area contributed by atoms with Crippen LogP contribution >= 0.6 is 11.8 Å². The van der Waals surface area contributed by atoms with Crippen molar-refractivity contribution in [1.82, 2.24) is 0 Å². The van der Waals surface area contributed by atoms with E-state index in [1.807, 2.05) is 30.3 Å². The second kappa shape index (κ2) is 7.12. The minimum Gasteiger partial charge on any atom is -0.384 e. The standard InChI is InChI=1S/C18H23NOS/c1-14-8-9-17(12-15(14)2)21-11-10-18(20,13-19)16-6-4-3-5-7-16/h3-9,12,20H,10-11,13,19H2,1-2H3. The lowest BCUT2D eigenvalue weighted by atomic mass is 9.91. The summed E-state index contributed by atoms with van der Waals surface area (Å²) >= 11 is 1.76. The number of nitrogens with two attached hydrogens (primary N) is 1. The maximum Gasteiger partial charge on any atom is 0.103 e. The van der Waals surface area contributed by atoms with Crippen LogP contribution < -0.4 is 5.73 Å². The van der Waals surface area contributed by atoms with E-state index < -0.39 is 5.60 Å². The number of hydrogen-bond acceptors (Lipinski definition) is 3. The highest BCUT2D eigenvalue weighted by atomic mass is 32.2. The lowest BCUT2D eigenvalue weighted by Crippen LogP contribution is -2.35. The highest BCUT2D eigenvalue weighted by Gasteiger charge is 2.26. The third-order valence-electron chi connectivity index (χ3n) is 3.91. The summed E-state index contributed by atoms with van der Waals surface area (Å²) < 4.78 is 0. The van der Waals surface area contributed by atoms with Crippen molar-refractivity contribution in [2.75, 3.05) is 12.3 Å². The molecule has 3 heteroatoms. The summed E-state index contributed by atoms with van der Waals surface area (Å²) in [7, 11) is 0. The number of aliphatic hydroxyl groups is 1. The third-order valence-corrected chi connectivity index (χ3v) is 4.91. The van der Waals surface area contributed by atoms with Gasteiger partial charge in [0.25, 0.3) is 0 Å². The molecule has 0 heterocycles. The van der Waals surface area contributed by atoms with Crippen molar-refractivity contribution in [3.05, 3.63) is 65.2 Å². The number of hydrogen-bond donors (Lipinski definition) is 2. The van der Waals surface area contributed by atoms with Gasteiger partial charge >= 0.3 is 0 Å². The highest BCUT2D eigenvalue weighted by Crippen LogP contribution is 2.29. The molecule has 0 saturated heterocycles. The fourth-order valence-corrected chi connectivity index (χ4v) is 3.35. The van der Waals surface area contributed by atoms with Gasteiger partial charge in [-0.05, 0) is 49.1 Å². The molecular formula is C18H23NOS. The zero-order chi connectivity index (χ0) is 15.3. The number of benzene rings is 2. The Bertz CT molecular complexity index is 585. The normalized spacial score (nSPS) is 13.9. The summed E-state index contributed by atoms with van der Waals surface area (Å²) in [6.07, 6.45) is 0.644. The molecule has 3 N–H and O–H groups in total. The zero-order valence-electron chi connectivity index (χ0n) is 12.7. The van der Waals surface area contributed by atoms with Crippen LogP contribution in [-0.2, 0) is 5.60 Å². The Morgan fingerprint density at radius 2 is 1.76 bits per heavy atom. The lowest BCUT2D eigenvalue weighted by Gasteiger charge is -2.27. The van der Waals surface area contributed by atoms with Gasteiger partial charge in [0.15, 0.2) is 0 Å². The van der Waals surface area contributed by atoms with Gasteiger partial charge in [0.05, 0.1) is 0 Å². The fraction of sp³-hybridized carbons (Fsp3) is 0.333. The molecule has 0 aliphatic heterocycles. The van der Waals surface area contributed by atoms with Gasteiger partial charge in [-0.15, -0.1) is 11.8 Å². The molecule has 2 aromatic rings. The molecule has 2 rings (SSSR count). The van der Waals surface area contributed by atoms with Gasteiger partial charge in [-0.25, -0.2) is 0 Å². The van der Waals surface area contributed by atoms with E-state index in [1.54, 1.807) is 11.8 Å². The van der Waals surface area contributed by atoms with E-state index in [-0.39, 0.29) is 6.54 Å². The SMILES string of the molecule is Cc1ccc(SCCC(O)(CN)c2ccccc2)cc1C. The average Bonchev–Trinajstić information content (AvgIpc) is 2.51. The van der Waals surface area contributed by atoms with Crippen LogP contribution in [0.1, 0.15) is 23.1 Å². The molecule has 0 amide bonds. The molecule has 0 saturated carbocycles.